The summed E-state index contributed by atoms with van der Waals surface area (Å²) >= 11 is 0. The van der Waals surface area contributed by atoms with Crippen molar-refractivity contribution in [1.82, 2.24) is 5.32 Å². The summed E-state index contributed by atoms with van der Waals surface area (Å²) in [4.78, 5) is 11.7. The Hall–Kier alpha value is -1.61. The van der Waals surface area contributed by atoms with Gasteiger partial charge in [0.15, 0.2) is 0 Å². The number of esters is 1. The molecule has 0 aliphatic carbocycles. The lowest BCUT2D eigenvalue weighted by Crippen LogP contribution is -2.39. The number of ether oxygens (including phenoxy) is 1. The van der Waals surface area contributed by atoms with Crippen LogP contribution in [0.15, 0.2) is 43.0 Å². The number of benzene rings is 1. The summed E-state index contributed by atoms with van der Waals surface area (Å²) in [6.07, 6.45) is 2.37. The lowest BCUT2D eigenvalue weighted by atomic mass is 10.1. The van der Waals surface area contributed by atoms with Crippen molar-refractivity contribution in [2.24, 2.45) is 0 Å². The average Bonchev–Trinajstić information content (AvgIpc) is 2.36. The first-order valence-corrected chi connectivity index (χ1v) is 5.82. The fourth-order valence-electron chi connectivity index (χ4n) is 1.56. The maximum atomic E-state index is 11.7. The van der Waals surface area contributed by atoms with Crippen molar-refractivity contribution in [3.63, 3.8) is 0 Å². The number of rotatable bonds is 7. The third-order valence-corrected chi connectivity index (χ3v) is 2.36. The number of carbonyl (C=O) groups is 1. The van der Waals surface area contributed by atoms with Crippen LogP contribution in [0, 0.1) is 0 Å². The predicted octanol–water partition coefficient (Wildman–Crippen LogP) is 1.94. The second-order valence-corrected chi connectivity index (χ2v) is 3.69. The minimum Gasteiger partial charge on any atom is -0.465 e. The largest absolute Gasteiger partial charge is 0.465 e. The van der Waals surface area contributed by atoms with Crippen molar-refractivity contribution < 1.29 is 9.53 Å². The van der Waals surface area contributed by atoms with Gasteiger partial charge in [-0.2, -0.15) is 0 Å². The van der Waals surface area contributed by atoms with Crippen LogP contribution in [0.3, 0.4) is 0 Å². The first-order chi connectivity index (χ1) is 8.27. The van der Waals surface area contributed by atoms with Crippen LogP contribution in [0.4, 0.5) is 0 Å². The fraction of sp³-hybridized carbons (Fsp3) is 0.357. The Morgan fingerprint density at radius 3 is 2.76 bits per heavy atom. The van der Waals surface area contributed by atoms with Gasteiger partial charge in [0.2, 0.25) is 0 Å². The number of carbonyl (C=O) groups excluding carboxylic acids is 1. The third kappa shape index (κ3) is 4.83. The lowest BCUT2D eigenvalue weighted by molar-refractivity contribution is -0.145. The maximum absolute atomic E-state index is 11.7. The zero-order valence-electron chi connectivity index (χ0n) is 10.2. The van der Waals surface area contributed by atoms with Crippen molar-refractivity contribution >= 4 is 5.97 Å². The van der Waals surface area contributed by atoms with Gasteiger partial charge in [0.25, 0.3) is 0 Å². The Morgan fingerprint density at radius 2 is 2.18 bits per heavy atom. The highest BCUT2D eigenvalue weighted by Gasteiger charge is 2.18. The van der Waals surface area contributed by atoms with E-state index in [-0.39, 0.29) is 12.0 Å². The molecule has 0 radical (unpaired) electrons. The summed E-state index contributed by atoms with van der Waals surface area (Å²) in [5.74, 6) is -0.210. The van der Waals surface area contributed by atoms with Gasteiger partial charge in [-0.25, -0.2) is 0 Å². The molecule has 3 nitrogen and oxygen atoms in total. The van der Waals surface area contributed by atoms with Crippen LogP contribution in [0.5, 0.6) is 0 Å². The molecular weight excluding hydrogens is 214 g/mol. The van der Waals surface area contributed by atoms with E-state index in [4.69, 9.17) is 4.74 Å². The standard InChI is InChI=1S/C14H19NO2/c1-3-10-15-13(14(16)17-4-2)11-12-8-6-5-7-9-12/h3,5-9,13,15H,1,4,10-11H2,2H3/t13-/m0/s1. The highest BCUT2D eigenvalue weighted by molar-refractivity contribution is 5.76. The van der Waals surface area contributed by atoms with Gasteiger partial charge in [-0.3, -0.25) is 4.79 Å². The molecule has 1 aromatic rings. The van der Waals surface area contributed by atoms with Crippen LogP contribution in [0.2, 0.25) is 0 Å². The molecule has 0 saturated heterocycles. The molecule has 1 atom stereocenters. The second kappa shape index (κ2) is 7.63. The minimum atomic E-state index is -0.310. The molecule has 0 spiro atoms. The highest BCUT2D eigenvalue weighted by Crippen LogP contribution is 2.04. The molecule has 0 unspecified atom stereocenters. The van der Waals surface area contributed by atoms with Crippen LogP contribution < -0.4 is 5.32 Å². The Morgan fingerprint density at radius 1 is 1.47 bits per heavy atom. The zero-order chi connectivity index (χ0) is 12.5. The SMILES string of the molecule is C=CCN[C@@H](Cc1ccccc1)C(=O)OCC. The predicted molar refractivity (Wildman–Crippen MR) is 68.8 cm³/mol. The summed E-state index contributed by atoms with van der Waals surface area (Å²) in [6.45, 7) is 6.44. The van der Waals surface area contributed by atoms with Gasteiger partial charge in [-0.05, 0) is 18.9 Å². The molecule has 0 saturated carbocycles. The zero-order valence-corrected chi connectivity index (χ0v) is 10.2. The first kappa shape index (κ1) is 13.5. The minimum absolute atomic E-state index is 0.210. The van der Waals surface area contributed by atoms with E-state index >= 15 is 0 Å². The van der Waals surface area contributed by atoms with E-state index in [1.54, 1.807) is 6.08 Å². The van der Waals surface area contributed by atoms with Crippen LogP contribution in [-0.4, -0.2) is 25.2 Å². The van der Waals surface area contributed by atoms with E-state index in [1.165, 1.54) is 0 Å². The lowest BCUT2D eigenvalue weighted by Gasteiger charge is -2.16. The maximum Gasteiger partial charge on any atom is 0.323 e. The van der Waals surface area contributed by atoms with Crippen molar-refractivity contribution in [2.45, 2.75) is 19.4 Å². The van der Waals surface area contributed by atoms with Crippen molar-refractivity contribution in [1.29, 1.82) is 0 Å². The van der Waals surface area contributed by atoms with Crippen molar-refractivity contribution in [2.75, 3.05) is 13.2 Å². The van der Waals surface area contributed by atoms with Crippen molar-refractivity contribution in [3.05, 3.63) is 48.6 Å². The van der Waals surface area contributed by atoms with Crippen LogP contribution >= 0.6 is 0 Å². The molecule has 0 heterocycles. The summed E-state index contributed by atoms with van der Waals surface area (Å²) in [6, 6.07) is 9.58. The molecule has 0 bridgehead atoms. The summed E-state index contributed by atoms with van der Waals surface area (Å²) < 4.78 is 5.04. The number of nitrogens with one attached hydrogen (secondary N) is 1. The molecule has 17 heavy (non-hydrogen) atoms. The Bertz CT molecular complexity index is 348. The van der Waals surface area contributed by atoms with Crippen LogP contribution in [-0.2, 0) is 16.0 Å². The molecule has 0 aliphatic rings. The number of hydrogen-bond donors (Lipinski definition) is 1. The first-order valence-electron chi connectivity index (χ1n) is 5.82. The van der Waals surface area contributed by atoms with E-state index in [0.717, 1.165) is 5.56 Å². The number of hydrogen-bond acceptors (Lipinski definition) is 3. The quantitative estimate of drug-likeness (QED) is 0.578. The molecule has 0 aromatic heterocycles. The third-order valence-electron chi connectivity index (χ3n) is 2.36. The molecule has 92 valence electrons. The topological polar surface area (TPSA) is 38.3 Å². The van der Waals surface area contributed by atoms with Gasteiger partial charge < -0.3 is 10.1 Å². The van der Waals surface area contributed by atoms with E-state index < -0.39 is 0 Å². The van der Waals surface area contributed by atoms with E-state index in [1.807, 2.05) is 37.3 Å². The van der Waals surface area contributed by atoms with Gasteiger partial charge in [0, 0.05) is 6.54 Å². The second-order valence-electron chi connectivity index (χ2n) is 3.69. The van der Waals surface area contributed by atoms with E-state index in [2.05, 4.69) is 11.9 Å². The Kier molecular flexibility index (Phi) is 6.04. The smallest absolute Gasteiger partial charge is 0.323 e. The molecule has 1 N–H and O–H groups in total. The molecule has 1 aromatic carbocycles. The summed E-state index contributed by atoms with van der Waals surface area (Å²) in [7, 11) is 0. The molecule has 3 heteroatoms. The Labute approximate surface area is 102 Å². The molecule has 0 aliphatic heterocycles. The van der Waals surface area contributed by atoms with Gasteiger partial charge >= 0.3 is 5.97 Å². The average molecular weight is 233 g/mol. The fourth-order valence-corrected chi connectivity index (χ4v) is 1.56. The molecular formula is C14H19NO2. The monoisotopic (exact) mass is 233 g/mol. The van der Waals surface area contributed by atoms with Crippen molar-refractivity contribution in [3.8, 4) is 0 Å². The normalized spacial score (nSPS) is 11.8. The van der Waals surface area contributed by atoms with Gasteiger partial charge in [0.1, 0.15) is 6.04 Å². The van der Waals surface area contributed by atoms with Crippen LogP contribution in [0.1, 0.15) is 12.5 Å². The molecule has 0 amide bonds. The highest BCUT2D eigenvalue weighted by atomic mass is 16.5. The molecule has 1 rings (SSSR count). The van der Waals surface area contributed by atoms with E-state index in [9.17, 15) is 4.79 Å². The summed E-state index contributed by atoms with van der Waals surface area (Å²) in [5.41, 5.74) is 1.11. The van der Waals surface area contributed by atoms with Gasteiger partial charge in [0.05, 0.1) is 6.61 Å². The van der Waals surface area contributed by atoms with Gasteiger partial charge in [-0.1, -0.05) is 36.4 Å². The Balaban J connectivity index is 2.62. The molecule has 0 fully saturated rings. The van der Waals surface area contributed by atoms with Gasteiger partial charge in [-0.15, -0.1) is 6.58 Å². The summed E-state index contributed by atoms with van der Waals surface area (Å²) in [5, 5.41) is 3.11. The van der Waals surface area contributed by atoms with E-state index in [0.29, 0.717) is 19.6 Å². The van der Waals surface area contributed by atoms with Crippen LogP contribution in [0.25, 0.3) is 0 Å².